The van der Waals surface area contributed by atoms with Crippen molar-refractivity contribution < 1.29 is 5.11 Å². The van der Waals surface area contributed by atoms with Gasteiger partial charge in [-0.25, -0.2) is 0 Å². The largest absolute Gasteiger partial charge is 0.506 e. The molecular weight excluding hydrogens is 236 g/mol. The molecule has 1 aromatic carbocycles. The number of aromatic hydroxyl groups is 1. The van der Waals surface area contributed by atoms with E-state index in [9.17, 15) is 5.11 Å². The molecule has 1 atom stereocenters. The molecule has 90 valence electrons. The maximum atomic E-state index is 10.1. The second kappa shape index (κ2) is 3.57. The Morgan fingerprint density at radius 1 is 1.59 bits per heavy atom. The molecule has 1 aliphatic rings. The van der Waals surface area contributed by atoms with Gasteiger partial charge >= 0.3 is 0 Å². The summed E-state index contributed by atoms with van der Waals surface area (Å²) in [5, 5.41) is 14.6. The number of phenols is 1. The van der Waals surface area contributed by atoms with E-state index in [1.54, 1.807) is 0 Å². The first-order valence-corrected chi connectivity index (χ1v) is 6.28. The highest BCUT2D eigenvalue weighted by molar-refractivity contribution is 6.18. The van der Waals surface area contributed by atoms with Gasteiger partial charge in [0.2, 0.25) is 0 Å². The zero-order valence-electron chi connectivity index (χ0n) is 9.92. The first-order valence-electron chi connectivity index (χ1n) is 5.74. The summed E-state index contributed by atoms with van der Waals surface area (Å²) in [6.45, 7) is 2.93. The smallest absolute Gasteiger partial charge is 0.141 e. The van der Waals surface area contributed by atoms with Gasteiger partial charge in [-0.1, -0.05) is 0 Å². The molecule has 0 spiro atoms. The number of hydrogen-bond donors (Lipinski definition) is 2. The maximum Gasteiger partial charge on any atom is 0.141 e. The molecule has 1 unspecified atom stereocenters. The molecule has 2 heterocycles. The molecule has 0 saturated carbocycles. The van der Waals surface area contributed by atoms with Crippen molar-refractivity contribution in [2.45, 2.75) is 12.8 Å². The summed E-state index contributed by atoms with van der Waals surface area (Å²) >= 11 is 6.03. The predicted molar refractivity (Wildman–Crippen MR) is 71.3 cm³/mol. The van der Waals surface area contributed by atoms with E-state index in [4.69, 9.17) is 11.6 Å². The van der Waals surface area contributed by atoms with Crippen LogP contribution in [0.15, 0.2) is 12.3 Å². The molecule has 0 fully saturated rings. The predicted octanol–water partition coefficient (Wildman–Crippen LogP) is 2.94. The Balaban J connectivity index is 2.44. The fraction of sp³-hybridized carbons (Fsp3) is 0.385. The summed E-state index contributed by atoms with van der Waals surface area (Å²) in [6, 6.07) is 1.81. The van der Waals surface area contributed by atoms with Crippen LogP contribution in [0, 0.1) is 6.92 Å². The van der Waals surface area contributed by atoms with E-state index < -0.39 is 0 Å². The van der Waals surface area contributed by atoms with Crippen LogP contribution >= 0.6 is 11.6 Å². The van der Waals surface area contributed by atoms with Gasteiger partial charge < -0.3 is 15.0 Å². The van der Waals surface area contributed by atoms with E-state index in [0.717, 1.165) is 23.1 Å². The maximum absolute atomic E-state index is 10.1. The van der Waals surface area contributed by atoms with Gasteiger partial charge in [0.15, 0.2) is 0 Å². The van der Waals surface area contributed by atoms with Crippen LogP contribution in [-0.4, -0.2) is 22.1 Å². The van der Waals surface area contributed by atoms with Gasteiger partial charge in [0.1, 0.15) is 5.75 Å². The third-order valence-electron chi connectivity index (χ3n) is 3.59. The lowest BCUT2D eigenvalue weighted by atomic mass is 9.97. The summed E-state index contributed by atoms with van der Waals surface area (Å²) in [5.74, 6) is 1.27. The summed E-state index contributed by atoms with van der Waals surface area (Å²) in [6.07, 6.45) is 2.05. The highest BCUT2D eigenvalue weighted by Gasteiger charge is 2.27. The Hall–Kier alpha value is -1.35. The number of alkyl halides is 1. The van der Waals surface area contributed by atoms with Crippen LogP contribution in [0.25, 0.3) is 10.9 Å². The van der Waals surface area contributed by atoms with Crippen molar-refractivity contribution in [3.63, 3.8) is 0 Å². The lowest BCUT2D eigenvalue weighted by molar-refractivity contribution is 0.479. The molecule has 17 heavy (non-hydrogen) atoms. The van der Waals surface area contributed by atoms with Gasteiger partial charge in [-0.15, -0.1) is 11.6 Å². The van der Waals surface area contributed by atoms with Crippen molar-refractivity contribution in [2.24, 2.45) is 7.05 Å². The van der Waals surface area contributed by atoms with E-state index in [2.05, 4.69) is 12.2 Å². The van der Waals surface area contributed by atoms with Crippen LogP contribution in [0.5, 0.6) is 5.75 Å². The summed E-state index contributed by atoms with van der Waals surface area (Å²) in [5.41, 5.74) is 4.37. The molecule has 0 amide bonds. The van der Waals surface area contributed by atoms with Gasteiger partial charge in [0, 0.05) is 48.7 Å². The number of aryl methyl sites for hydroxylation is 2. The number of phenolic OH excluding ortho intramolecular Hbond substituents is 1. The van der Waals surface area contributed by atoms with Crippen LogP contribution in [0.3, 0.4) is 0 Å². The van der Waals surface area contributed by atoms with E-state index >= 15 is 0 Å². The number of benzene rings is 1. The summed E-state index contributed by atoms with van der Waals surface area (Å²) in [7, 11) is 1.96. The fourth-order valence-electron chi connectivity index (χ4n) is 2.89. The van der Waals surface area contributed by atoms with Crippen LogP contribution in [0.1, 0.15) is 17.0 Å². The fourth-order valence-corrected chi connectivity index (χ4v) is 3.15. The topological polar surface area (TPSA) is 37.2 Å². The van der Waals surface area contributed by atoms with Gasteiger partial charge in [-0.05, 0) is 18.1 Å². The molecule has 1 aliphatic heterocycles. The highest BCUT2D eigenvalue weighted by atomic mass is 35.5. The van der Waals surface area contributed by atoms with Gasteiger partial charge in [-0.3, -0.25) is 0 Å². The molecule has 3 rings (SSSR count). The molecule has 0 radical (unpaired) electrons. The monoisotopic (exact) mass is 250 g/mol. The van der Waals surface area contributed by atoms with E-state index in [1.165, 1.54) is 11.1 Å². The number of nitrogens with zero attached hydrogens (tertiary/aromatic N) is 1. The third-order valence-corrected chi connectivity index (χ3v) is 3.96. The number of rotatable bonds is 1. The Morgan fingerprint density at radius 3 is 3.06 bits per heavy atom. The van der Waals surface area contributed by atoms with Crippen molar-refractivity contribution >= 4 is 28.2 Å². The number of halogens is 1. The van der Waals surface area contributed by atoms with Crippen LogP contribution < -0.4 is 5.32 Å². The van der Waals surface area contributed by atoms with Gasteiger partial charge in [0.25, 0.3) is 0 Å². The molecule has 0 saturated heterocycles. The minimum Gasteiger partial charge on any atom is -0.506 e. The number of hydrogen-bond acceptors (Lipinski definition) is 2. The zero-order valence-corrected chi connectivity index (χ0v) is 10.7. The average Bonchev–Trinajstić information content (AvgIpc) is 2.80. The second-order valence-electron chi connectivity index (χ2n) is 4.74. The summed E-state index contributed by atoms with van der Waals surface area (Å²) < 4.78 is 1.98. The second-order valence-corrected chi connectivity index (χ2v) is 5.04. The molecule has 1 aromatic heterocycles. The van der Waals surface area contributed by atoms with Crippen molar-refractivity contribution in [1.82, 2.24) is 4.57 Å². The Morgan fingerprint density at radius 2 is 2.35 bits per heavy atom. The van der Waals surface area contributed by atoms with Crippen molar-refractivity contribution in [1.29, 1.82) is 0 Å². The van der Waals surface area contributed by atoms with Crippen LogP contribution in [-0.2, 0) is 7.05 Å². The molecule has 0 aliphatic carbocycles. The van der Waals surface area contributed by atoms with Crippen LogP contribution in [0.4, 0.5) is 5.69 Å². The minimum atomic E-state index is 0.330. The molecule has 0 bridgehead atoms. The Kier molecular flexibility index (Phi) is 2.26. The Bertz CT molecular complexity index is 603. The lowest BCUT2D eigenvalue weighted by Gasteiger charge is -2.10. The minimum absolute atomic E-state index is 0.330. The van der Waals surface area contributed by atoms with Crippen molar-refractivity contribution in [3.05, 3.63) is 23.4 Å². The summed E-state index contributed by atoms with van der Waals surface area (Å²) in [4.78, 5) is 0. The molecule has 2 aromatic rings. The lowest BCUT2D eigenvalue weighted by Crippen LogP contribution is -2.03. The van der Waals surface area contributed by atoms with E-state index in [1.807, 2.05) is 23.9 Å². The van der Waals surface area contributed by atoms with Crippen molar-refractivity contribution in [2.75, 3.05) is 17.7 Å². The van der Waals surface area contributed by atoms with E-state index in [0.29, 0.717) is 17.5 Å². The number of fused-ring (bicyclic) bond motifs is 3. The molecular formula is C13H15ClN2O. The zero-order chi connectivity index (χ0) is 12.2. The van der Waals surface area contributed by atoms with Gasteiger partial charge in [-0.2, -0.15) is 0 Å². The first kappa shape index (κ1) is 10.8. The van der Waals surface area contributed by atoms with Crippen LogP contribution in [0.2, 0.25) is 0 Å². The number of anilines is 1. The van der Waals surface area contributed by atoms with E-state index in [-0.39, 0.29) is 0 Å². The number of aromatic nitrogens is 1. The van der Waals surface area contributed by atoms with Crippen molar-refractivity contribution in [3.8, 4) is 5.75 Å². The van der Waals surface area contributed by atoms with Gasteiger partial charge in [0.05, 0.1) is 5.52 Å². The molecule has 3 nitrogen and oxygen atoms in total. The quantitative estimate of drug-likeness (QED) is 0.764. The average molecular weight is 251 g/mol. The SMILES string of the molecule is Cc1cn(C)c2c(O)cc3c(c12)C(CCl)CN3. The number of nitrogens with one attached hydrogen (secondary N) is 1. The third kappa shape index (κ3) is 1.35. The standard InChI is InChI=1S/C13H15ClN2O/c1-7-6-16(2)13-10(17)3-9-12(11(7)13)8(4-14)5-15-9/h3,6,8,15,17H,4-5H2,1-2H3. The first-order chi connectivity index (χ1) is 8.13. The molecule has 4 heteroatoms. The highest BCUT2D eigenvalue weighted by Crippen LogP contribution is 2.43. The Labute approximate surface area is 105 Å². The normalized spacial score (nSPS) is 18.4. The molecule has 2 N–H and O–H groups in total.